The van der Waals surface area contributed by atoms with Crippen LogP contribution in [0.25, 0.3) is 0 Å². The lowest BCUT2D eigenvalue weighted by molar-refractivity contribution is -0.156. The van der Waals surface area contributed by atoms with Gasteiger partial charge in [0.2, 0.25) is 0 Å². The minimum absolute atomic E-state index is 0.113. The van der Waals surface area contributed by atoms with Gasteiger partial charge in [-0.25, -0.2) is 0 Å². The zero-order valence-electron chi connectivity index (χ0n) is 10.2. The third-order valence-corrected chi connectivity index (χ3v) is 3.34. The van der Waals surface area contributed by atoms with Gasteiger partial charge in [-0.2, -0.15) is 0 Å². The zero-order valence-corrected chi connectivity index (χ0v) is 10.2. The number of hydrogen-bond acceptors (Lipinski definition) is 3. The van der Waals surface area contributed by atoms with Crippen molar-refractivity contribution in [3.63, 3.8) is 0 Å². The van der Waals surface area contributed by atoms with Crippen molar-refractivity contribution < 1.29 is 9.53 Å². The lowest BCUT2D eigenvalue weighted by atomic mass is 9.99. The average Bonchev–Trinajstić information content (AvgIpc) is 2.28. The van der Waals surface area contributed by atoms with Gasteiger partial charge in [0.25, 0.3) is 5.91 Å². The minimum atomic E-state index is -0.661. The molecule has 88 valence electrons. The largest absolute Gasteiger partial charge is 0.369 e. The molecule has 0 radical (unpaired) electrons. The lowest BCUT2D eigenvalue weighted by Gasteiger charge is -2.39. The Hall–Kier alpha value is -0.610. The maximum absolute atomic E-state index is 12.3. The number of carbonyl (C=O) groups excluding carboxylic acids is 1. The van der Waals surface area contributed by atoms with Crippen LogP contribution >= 0.6 is 0 Å². The van der Waals surface area contributed by atoms with E-state index in [1.54, 1.807) is 7.11 Å². The maximum Gasteiger partial charge on any atom is 0.254 e. The fraction of sp³-hybridized carbons (Fsp3) is 0.909. The molecule has 4 heteroatoms. The molecule has 0 spiro atoms. The summed E-state index contributed by atoms with van der Waals surface area (Å²) in [5.74, 6) is 0.113. The van der Waals surface area contributed by atoms with Crippen LogP contribution in [0.15, 0.2) is 0 Å². The van der Waals surface area contributed by atoms with Gasteiger partial charge in [0, 0.05) is 32.8 Å². The van der Waals surface area contributed by atoms with Crippen LogP contribution in [-0.4, -0.2) is 49.2 Å². The van der Waals surface area contributed by atoms with E-state index in [0.717, 1.165) is 19.6 Å². The van der Waals surface area contributed by atoms with Gasteiger partial charge in [-0.3, -0.25) is 4.79 Å². The molecule has 15 heavy (non-hydrogen) atoms. The quantitative estimate of drug-likeness (QED) is 0.749. The Balaban J connectivity index is 2.73. The summed E-state index contributed by atoms with van der Waals surface area (Å²) < 4.78 is 5.34. The Morgan fingerprint density at radius 3 is 2.80 bits per heavy atom. The summed E-state index contributed by atoms with van der Waals surface area (Å²) in [5, 5.41) is 3.27. The first kappa shape index (κ1) is 12.5. The molecule has 1 heterocycles. The van der Waals surface area contributed by atoms with Crippen molar-refractivity contribution >= 4 is 5.91 Å². The topological polar surface area (TPSA) is 41.6 Å². The zero-order chi connectivity index (χ0) is 11.5. The number of ether oxygens (including phenoxy) is 1. The molecular weight excluding hydrogens is 192 g/mol. The van der Waals surface area contributed by atoms with Gasteiger partial charge in [0.1, 0.15) is 5.60 Å². The number of nitrogens with zero attached hydrogens (tertiary/aromatic N) is 1. The van der Waals surface area contributed by atoms with Crippen molar-refractivity contribution in [2.45, 2.75) is 38.8 Å². The molecule has 2 atom stereocenters. The average molecular weight is 214 g/mol. The Bertz CT molecular complexity index is 227. The van der Waals surface area contributed by atoms with Gasteiger partial charge in [-0.1, -0.05) is 6.92 Å². The molecule has 1 N–H and O–H groups in total. The van der Waals surface area contributed by atoms with Crippen LogP contribution in [0, 0.1) is 0 Å². The SMILES string of the molecule is CCC(C)(OC)C(=O)N1CCNC[C@@H]1C. The molecule has 1 rings (SSSR count). The highest BCUT2D eigenvalue weighted by Gasteiger charge is 2.37. The molecule has 1 aliphatic rings. The number of piperazine rings is 1. The molecule has 0 aromatic heterocycles. The molecule has 0 aromatic rings. The number of nitrogens with one attached hydrogen (secondary N) is 1. The maximum atomic E-state index is 12.3. The number of hydrogen-bond donors (Lipinski definition) is 1. The van der Waals surface area contributed by atoms with E-state index >= 15 is 0 Å². The summed E-state index contributed by atoms with van der Waals surface area (Å²) in [6.45, 7) is 8.43. The monoisotopic (exact) mass is 214 g/mol. The predicted molar refractivity (Wildman–Crippen MR) is 59.7 cm³/mol. The predicted octanol–water partition coefficient (Wildman–Crippen LogP) is 0.622. The van der Waals surface area contributed by atoms with Gasteiger partial charge < -0.3 is 15.0 Å². The summed E-state index contributed by atoms with van der Waals surface area (Å²) >= 11 is 0. The van der Waals surface area contributed by atoms with Crippen LogP contribution < -0.4 is 5.32 Å². The molecule has 4 nitrogen and oxygen atoms in total. The van der Waals surface area contributed by atoms with Crippen molar-refractivity contribution in [1.29, 1.82) is 0 Å². The molecular formula is C11H22N2O2. The summed E-state index contributed by atoms with van der Waals surface area (Å²) in [6, 6.07) is 0.257. The van der Waals surface area contributed by atoms with Gasteiger partial charge in [0.15, 0.2) is 0 Å². The smallest absolute Gasteiger partial charge is 0.254 e. The van der Waals surface area contributed by atoms with E-state index in [-0.39, 0.29) is 11.9 Å². The Kier molecular flexibility index (Phi) is 4.11. The second kappa shape index (κ2) is 4.94. The van der Waals surface area contributed by atoms with Gasteiger partial charge in [-0.15, -0.1) is 0 Å². The van der Waals surface area contributed by atoms with E-state index < -0.39 is 5.60 Å². The van der Waals surface area contributed by atoms with Crippen molar-refractivity contribution in [2.24, 2.45) is 0 Å². The summed E-state index contributed by atoms with van der Waals surface area (Å²) in [6.07, 6.45) is 0.707. The normalized spacial score (nSPS) is 26.1. The molecule has 1 unspecified atom stereocenters. The summed E-state index contributed by atoms with van der Waals surface area (Å²) in [7, 11) is 1.61. The number of amides is 1. The van der Waals surface area contributed by atoms with E-state index in [1.807, 2.05) is 18.7 Å². The highest BCUT2D eigenvalue weighted by Crippen LogP contribution is 2.19. The van der Waals surface area contributed by atoms with Gasteiger partial charge in [0.05, 0.1) is 0 Å². The molecule has 0 aliphatic carbocycles. The van der Waals surface area contributed by atoms with Crippen LogP contribution in [0.5, 0.6) is 0 Å². The van der Waals surface area contributed by atoms with Crippen molar-refractivity contribution in [3.05, 3.63) is 0 Å². The van der Waals surface area contributed by atoms with Crippen molar-refractivity contribution in [2.75, 3.05) is 26.7 Å². The lowest BCUT2D eigenvalue weighted by Crippen LogP contribution is -2.58. The Morgan fingerprint density at radius 1 is 1.67 bits per heavy atom. The molecule has 0 aromatic carbocycles. The third-order valence-electron chi connectivity index (χ3n) is 3.34. The molecule has 1 fully saturated rings. The minimum Gasteiger partial charge on any atom is -0.369 e. The standard InChI is InChI=1S/C11H22N2O2/c1-5-11(3,15-4)10(14)13-7-6-12-8-9(13)2/h9,12H,5-8H2,1-4H3/t9-,11?/m0/s1. The second-order valence-corrected chi connectivity index (χ2v) is 4.34. The van der Waals surface area contributed by atoms with E-state index in [4.69, 9.17) is 4.74 Å². The fourth-order valence-electron chi connectivity index (χ4n) is 1.83. The van der Waals surface area contributed by atoms with Crippen molar-refractivity contribution in [3.8, 4) is 0 Å². The Labute approximate surface area is 92.0 Å². The molecule has 0 bridgehead atoms. The first-order valence-electron chi connectivity index (χ1n) is 5.62. The Morgan fingerprint density at radius 2 is 2.33 bits per heavy atom. The third kappa shape index (κ3) is 2.49. The second-order valence-electron chi connectivity index (χ2n) is 4.34. The molecule has 1 saturated heterocycles. The van der Waals surface area contributed by atoms with Crippen molar-refractivity contribution in [1.82, 2.24) is 10.2 Å². The van der Waals surface area contributed by atoms with Crippen LogP contribution in [0.4, 0.5) is 0 Å². The van der Waals surface area contributed by atoms with E-state index in [1.165, 1.54) is 0 Å². The number of rotatable bonds is 3. The molecule has 1 amide bonds. The first-order valence-corrected chi connectivity index (χ1v) is 5.62. The number of carbonyl (C=O) groups is 1. The highest BCUT2D eigenvalue weighted by molar-refractivity contribution is 5.85. The fourth-order valence-corrected chi connectivity index (χ4v) is 1.83. The van der Waals surface area contributed by atoms with Crippen LogP contribution in [-0.2, 0) is 9.53 Å². The van der Waals surface area contributed by atoms with E-state index in [9.17, 15) is 4.79 Å². The van der Waals surface area contributed by atoms with Crippen LogP contribution in [0.1, 0.15) is 27.2 Å². The number of methoxy groups -OCH3 is 1. The van der Waals surface area contributed by atoms with E-state index in [2.05, 4.69) is 12.2 Å². The van der Waals surface area contributed by atoms with Gasteiger partial charge >= 0.3 is 0 Å². The molecule has 0 saturated carbocycles. The first-order chi connectivity index (χ1) is 7.05. The van der Waals surface area contributed by atoms with E-state index in [0.29, 0.717) is 6.42 Å². The van der Waals surface area contributed by atoms with Crippen LogP contribution in [0.3, 0.4) is 0 Å². The summed E-state index contributed by atoms with van der Waals surface area (Å²) in [4.78, 5) is 14.2. The highest BCUT2D eigenvalue weighted by atomic mass is 16.5. The van der Waals surface area contributed by atoms with Crippen LogP contribution in [0.2, 0.25) is 0 Å². The molecule has 1 aliphatic heterocycles. The summed E-state index contributed by atoms with van der Waals surface area (Å²) in [5.41, 5.74) is -0.661. The van der Waals surface area contributed by atoms with Gasteiger partial charge in [-0.05, 0) is 20.3 Å².